The highest BCUT2D eigenvalue weighted by Gasteiger charge is 2.42. The van der Waals surface area contributed by atoms with E-state index >= 15 is 0 Å². The molecule has 0 radical (unpaired) electrons. The summed E-state index contributed by atoms with van der Waals surface area (Å²) in [4.78, 5) is 25.0. The van der Waals surface area contributed by atoms with Gasteiger partial charge in [-0.3, -0.25) is 4.79 Å². The molecule has 24 heavy (non-hydrogen) atoms. The van der Waals surface area contributed by atoms with E-state index in [1.165, 1.54) is 5.56 Å². The van der Waals surface area contributed by atoms with Gasteiger partial charge in [0.15, 0.2) is 0 Å². The summed E-state index contributed by atoms with van der Waals surface area (Å²) in [7, 11) is 1.64. The van der Waals surface area contributed by atoms with Gasteiger partial charge in [0.25, 0.3) is 0 Å². The molecule has 6 heteroatoms. The second kappa shape index (κ2) is 7.55. The van der Waals surface area contributed by atoms with E-state index in [1.807, 2.05) is 24.3 Å². The fourth-order valence-corrected chi connectivity index (χ4v) is 2.92. The van der Waals surface area contributed by atoms with Crippen molar-refractivity contribution in [3.63, 3.8) is 0 Å². The van der Waals surface area contributed by atoms with Crippen LogP contribution in [-0.4, -0.2) is 48.8 Å². The molecule has 1 aromatic carbocycles. The van der Waals surface area contributed by atoms with Gasteiger partial charge in [0.2, 0.25) is 0 Å². The standard InChI is InChI=1S/C18H26N2O4/c1-13(10-14-4-6-15(24-3)7-5-14)11-19-17(23)20-9-8-18(2,12-20)16(21)22/h4-7,13H,8-12H2,1-3H3,(H,19,23)(H,21,22). The first-order valence-electron chi connectivity index (χ1n) is 8.23. The Labute approximate surface area is 142 Å². The van der Waals surface area contributed by atoms with E-state index in [9.17, 15) is 14.7 Å². The van der Waals surface area contributed by atoms with Gasteiger partial charge in [-0.15, -0.1) is 0 Å². The molecule has 0 saturated carbocycles. The highest BCUT2D eigenvalue weighted by atomic mass is 16.5. The first kappa shape index (κ1) is 18.1. The number of ether oxygens (including phenoxy) is 1. The second-order valence-corrected chi connectivity index (χ2v) is 6.88. The molecule has 1 aliphatic heterocycles. The minimum atomic E-state index is -0.842. The lowest BCUT2D eigenvalue weighted by Crippen LogP contribution is -2.42. The number of urea groups is 1. The van der Waals surface area contributed by atoms with Gasteiger partial charge >= 0.3 is 12.0 Å². The lowest BCUT2D eigenvalue weighted by Gasteiger charge is -2.21. The zero-order valence-corrected chi connectivity index (χ0v) is 14.5. The van der Waals surface area contributed by atoms with Crippen molar-refractivity contribution < 1.29 is 19.4 Å². The SMILES string of the molecule is COc1ccc(CC(C)CNC(=O)N2CCC(C)(C(=O)O)C2)cc1. The van der Waals surface area contributed by atoms with Crippen molar-refractivity contribution in [2.45, 2.75) is 26.7 Å². The number of hydrogen-bond donors (Lipinski definition) is 2. The third-order valence-electron chi connectivity index (χ3n) is 4.62. The van der Waals surface area contributed by atoms with Gasteiger partial charge in [0, 0.05) is 19.6 Å². The Morgan fingerprint density at radius 2 is 2.04 bits per heavy atom. The Bertz CT molecular complexity index is 587. The van der Waals surface area contributed by atoms with E-state index in [1.54, 1.807) is 18.9 Å². The maximum Gasteiger partial charge on any atom is 0.317 e. The third kappa shape index (κ3) is 4.40. The fourth-order valence-electron chi connectivity index (χ4n) is 2.92. The van der Waals surface area contributed by atoms with E-state index in [4.69, 9.17) is 4.74 Å². The Hall–Kier alpha value is -2.24. The molecular weight excluding hydrogens is 308 g/mol. The largest absolute Gasteiger partial charge is 0.497 e. The van der Waals surface area contributed by atoms with Gasteiger partial charge in [-0.1, -0.05) is 19.1 Å². The van der Waals surface area contributed by atoms with E-state index in [0.29, 0.717) is 19.5 Å². The number of carboxylic acids is 1. The predicted molar refractivity (Wildman–Crippen MR) is 91.2 cm³/mol. The molecule has 0 spiro atoms. The average molecular weight is 334 g/mol. The molecule has 1 fully saturated rings. The van der Waals surface area contributed by atoms with Gasteiger partial charge in [-0.25, -0.2) is 4.79 Å². The Kier molecular flexibility index (Phi) is 5.70. The molecule has 2 atom stereocenters. The van der Waals surface area contributed by atoms with Gasteiger partial charge in [0.1, 0.15) is 5.75 Å². The van der Waals surface area contributed by atoms with Gasteiger partial charge in [0.05, 0.1) is 12.5 Å². The Morgan fingerprint density at radius 3 is 2.58 bits per heavy atom. The lowest BCUT2D eigenvalue weighted by molar-refractivity contribution is -0.147. The molecule has 0 aromatic heterocycles. The molecule has 1 aromatic rings. The third-order valence-corrected chi connectivity index (χ3v) is 4.62. The molecule has 0 bridgehead atoms. The molecule has 1 saturated heterocycles. The number of methoxy groups -OCH3 is 1. The van der Waals surface area contributed by atoms with Crippen molar-refractivity contribution >= 4 is 12.0 Å². The Balaban J connectivity index is 1.78. The summed E-state index contributed by atoms with van der Waals surface area (Å²) in [5.74, 6) is 0.275. The average Bonchev–Trinajstić information content (AvgIpc) is 2.97. The number of rotatable bonds is 6. The highest BCUT2D eigenvalue weighted by molar-refractivity contribution is 5.79. The minimum absolute atomic E-state index is 0.179. The maximum absolute atomic E-state index is 12.2. The summed E-state index contributed by atoms with van der Waals surface area (Å²) in [5.41, 5.74) is 0.364. The number of nitrogens with zero attached hydrogens (tertiary/aromatic N) is 1. The molecular formula is C18H26N2O4. The van der Waals surface area contributed by atoms with Crippen molar-refractivity contribution in [1.29, 1.82) is 0 Å². The molecule has 2 unspecified atom stereocenters. The number of hydrogen-bond acceptors (Lipinski definition) is 3. The quantitative estimate of drug-likeness (QED) is 0.837. The van der Waals surface area contributed by atoms with Crippen LogP contribution in [-0.2, 0) is 11.2 Å². The molecule has 2 amide bonds. The van der Waals surface area contributed by atoms with Crippen LogP contribution in [0.2, 0.25) is 0 Å². The smallest absolute Gasteiger partial charge is 0.317 e. The van der Waals surface area contributed by atoms with Gasteiger partial charge < -0.3 is 20.1 Å². The van der Waals surface area contributed by atoms with Crippen LogP contribution in [0.5, 0.6) is 5.75 Å². The van der Waals surface area contributed by atoms with E-state index in [-0.39, 0.29) is 18.5 Å². The molecule has 1 heterocycles. The summed E-state index contributed by atoms with van der Waals surface area (Å²) >= 11 is 0. The number of carbonyl (C=O) groups is 2. The van der Waals surface area contributed by atoms with E-state index in [2.05, 4.69) is 12.2 Å². The van der Waals surface area contributed by atoms with Crippen LogP contribution in [0, 0.1) is 11.3 Å². The Morgan fingerprint density at radius 1 is 1.38 bits per heavy atom. The molecule has 2 rings (SSSR count). The number of benzene rings is 1. The number of aliphatic carboxylic acids is 1. The minimum Gasteiger partial charge on any atom is -0.497 e. The van der Waals surface area contributed by atoms with Crippen molar-refractivity contribution in [2.75, 3.05) is 26.7 Å². The topological polar surface area (TPSA) is 78.9 Å². The van der Waals surface area contributed by atoms with Crippen LogP contribution >= 0.6 is 0 Å². The number of nitrogens with one attached hydrogen (secondary N) is 1. The van der Waals surface area contributed by atoms with Crippen molar-refractivity contribution in [3.05, 3.63) is 29.8 Å². The molecule has 1 aliphatic rings. The summed E-state index contributed by atoms with van der Waals surface area (Å²) < 4.78 is 5.14. The van der Waals surface area contributed by atoms with E-state index < -0.39 is 11.4 Å². The number of carbonyl (C=O) groups excluding carboxylic acids is 1. The van der Waals surface area contributed by atoms with E-state index in [0.717, 1.165) is 12.2 Å². The monoisotopic (exact) mass is 334 g/mol. The van der Waals surface area contributed by atoms with Gasteiger partial charge in [-0.2, -0.15) is 0 Å². The van der Waals surface area contributed by atoms with Crippen LogP contribution in [0.15, 0.2) is 24.3 Å². The highest BCUT2D eigenvalue weighted by Crippen LogP contribution is 2.29. The van der Waals surface area contributed by atoms with Crippen LogP contribution < -0.4 is 10.1 Å². The van der Waals surface area contributed by atoms with Crippen LogP contribution in [0.4, 0.5) is 4.79 Å². The normalized spacial score (nSPS) is 21.4. The van der Waals surface area contributed by atoms with Crippen molar-refractivity contribution in [2.24, 2.45) is 11.3 Å². The maximum atomic E-state index is 12.2. The summed E-state index contributed by atoms with van der Waals surface area (Å²) in [5, 5.41) is 12.1. The number of carboxylic acid groups (broad SMARTS) is 1. The van der Waals surface area contributed by atoms with Crippen LogP contribution in [0.3, 0.4) is 0 Å². The van der Waals surface area contributed by atoms with Crippen LogP contribution in [0.1, 0.15) is 25.8 Å². The lowest BCUT2D eigenvalue weighted by atomic mass is 9.90. The van der Waals surface area contributed by atoms with Gasteiger partial charge in [-0.05, 0) is 43.4 Å². The zero-order valence-electron chi connectivity index (χ0n) is 14.5. The molecule has 2 N–H and O–H groups in total. The molecule has 0 aliphatic carbocycles. The first-order valence-corrected chi connectivity index (χ1v) is 8.23. The predicted octanol–water partition coefficient (Wildman–Crippen LogP) is 2.38. The zero-order chi connectivity index (χ0) is 17.7. The summed E-state index contributed by atoms with van der Waals surface area (Å²) in [6.07, 6.45) is 1.36. The summed E-state index contributed by atoms with van der Waals surface area (Å²) in [6, 6.07) is 7.72. The van der Waals surface area contributed by atoms with Crippen LogP contribution in [0.25, 0.3) is 0 Å². The molecule has 132 valence electrons. The number of likely N-dealkylation sites (tertiary alicyclic amines) is 1. The second-order valence-electron chi connectivity index (χ2n) is 6.88. The number of amides is 2. The fraction of sp³-hybridized carbons (Fsp3) is 0.556. The van der Waals surface area contributed by atoms with Crippen molar-refractivity contribution in [3.8, 4) is 5.75 Å². The summed E-state index contributed by atoms with van der Waals surface area (Å²) in [6.45, 7) is 5.08. The molecule has 6 nitrogen and oxygen atoms in total. The first-order chi connectivity index (χ1) is 11.3. The van der Waals surface area contributed by atoms with Crippen molar-refractivity contribution in [1.82, 2.24) is 10.2 Å².